The number of β-lactam (4-membered cyclic amide) rings is 1. The number of nitrogens with one attached hydrogen (secondary N) is 1. The summed E-state index contributed by atoms with van der Waals surface area (Å²) in [5, 5.41) is 17.4. The van der Waals surface area contributed by atoms with Crippen LogP contribution in [0, 0.1) is 0 Å². The van der Waals surface area contributed by atoms with Crippen LogP contribution in [0.15, 0.2) is 33.5 Å². The fourth-order valence-electron chi connectivity index (χ4n) is 4.25. The minimum Gasteiger partial charge on any atom is -0.477 e. The van der Waals surface area contributed by atoms with Gasteiger partial charge in [0, 0.05) is 28.8 Å². The largest absolute Gasteiger partial charge is 0.477 e. The lowest BCUT2D eigenvalue weighted by Gasteiger charge is -2.49. The minimum atomic E-state index is -1.28. The zero-order chi connectivity index (χ0) is 26.4. The van der Waals surface area contributed by atoms with Crippen LogP contribution in [0.4, 0.5) is 5.13 Å². The Morgan fingerprint density at radius 3 is 2.64 bits per heavy atom. The number of allylic oxidation sites excluding steroid dienone is 1. The van der Waals surface area contributed by atoms with Gasteiger partial charge in [-0.15, -0.1) is 23.1 Å². The smallest absolute Gasteiger partial charge is 0.352 e. The lowest BCUT2D eigenvalue weighted by atomic mass is 10.0. The number of oxime groups is 1. The second kappa shape index (κ2) is 9.58. The SMILES string of the molecule is CON=C(C(=O)N[C@H]1C(=O)N2C(C(=O)O)=C(C=C3CCN(C(C)(C)C)C3=O)CS[C@@H]12)c1csc(N)n1. The van der Waals surface area contributed by atoms with Crippen LogP contribution in [-0.2, 0) is 24.0 Å². The summed E-state index contributed by atoms with van der Waals surface area (Å²) < 4.78 is 0. The molecule has 192 valence electrons. The molecule has 3 aliphatic rings. The van der Waals surface area contributed by atoms with Gasteiger partial charge in [0.25, 0.3) is 11.8 Å². The average molecular weight is 535 g/mol. The van der Waals surface area contributed by atoms with Crippen molar-refractivity contribution in [2.24, 2.45) is 5.16 Å². The predicted molar refractivity (Wildman–Crippen MR) is 134 cm³/mol. The van der Waals surface area contributed by atoms with Gasteiger partial charge in [0.15, 0.2) is 10.8 Å². The van der Waals surface area contributed by atoms with Gasteiger partial charge in [-0.1, -0.05) is 5.16 Å². The maximum Gasteiger partial charge on any atom is 0.352 e. The van der Waals surface area contributed by atoms with Gasteiger partial charge in [-0.05, 0) is 38.8 Å². The van der Waals surface area contributed by atoms with E-state index in [9.17, 15) is 24.3 Å². The summed E-state index contributed by atoms with van der Waals surface area (Å²) in [5.74, 6) is -2.43. The van der Waals surface area contributed by atoms with Crippen molar-refractivity contribution >= 4 is 57.6 Å². The van der Waals surface area contributed by atoms with E-state index in [1.54, 1.807) is 11.0 Å². The summed E-state index contributed by atoms with van der Waals surface area (Å²) >= 11 is 2.43. The van der Waals surface area contributed by atoms with Crippen molar-refractivity contribution in [1.29, 1.82) is 0 Å². The number of amides is 3. The fourth-order valence-corrected chi connectivity index (χ4v) is 6.11. The first-order valence-electron chi connectivity index (χ1n) is 11.0. The number of thioether (sulfide) groups is 1. The number of nitrogens with two attached hydrogens (primary N) is 1. The highest BCUT2D eigenvalue weighted by atomic mass is 32.2. The van der Waals surface area contributed by atoms with Crippen LogP contribution in [0.3, 0.4) is 0 Å². The molecule has 2 fully saturated rings. The Balaban J connectivity index is 1.55. The van der Waals surface area contributed by atoms with Crippen molar-refractivity contribution in [2.75, 3.05) is 25.1 Å². The van der Waals surface area contributed by atoms with E-state index in [1.807, 2.05) is 20.8 Å². The molecule has 4 rings (SSSR count). The topological polar surface area (TPSA) is 168 Å². The van der Waals surface area contributed by atoms with E-state index >= 15 is 0 Å². The summed E-state index contributed by atoms with van der Waals surface area (Å²) in [4.78, 5) is 62.5. The van der Waals surface area contributed by atoms with E-state index in [0.29, 0.717) is 24.1 Å². The molecule has 36 heavy (non-hydrogen) atoms. The molecule has 0 saturated carbocycles. The third kappa shape index (κ3) is 4.57. The van der Waals surface area contributed by atoms with Crippen LogP contribution in [0.1, 0.15) is 32.9 Å². The van der Waals surface area contributed by atoms with Crippen molar-refractivity contribution in [1.82, 2.24) is 20.1 Å². The molecule has 12 nitrogen and oxygen atoms in total. The van der Waals surface area contributed by atoms with Crippen LogP contribution < -0.4 is 11.1 Å². The van der Waals surface area contributed by atoms with Crippen LogP contribution >= 0.6 is 23.1 Å². The van der Waals surface area contributed by atoms with Gasteiger partial charge >= 0.3 is 5.97 Å². The molecule has 0 aliphatic carbocycles. The van der Waals surface area contributed by atoms with Crippen molar-refractivity contribution in [3.63, 3.8) is 0 Å². The number of hydrogen-bond donors (Lipinski definition) is 3. The summed E-state index contributed by atoms with van der Waals surface area (Å²) in [6, 6.07) is -0.964. The Kier molecular flexibility index (Phi) is 6.84. The van der Waals surface area contributed by atoms with Gasteiger partial charge in [-0.2, -0.15) is 0 Å². The van der Waals surface area contributed by atoms with Gasteiger partial charge in [-0.25, -0.2) is 9.78 Å². The van der Waals surface area contributed by atoms with E-state index in [1.165, 1.54) is 24.3 Å². The molecule has 4 N–H and O–H groups in total. The Labute approximate surface area is 215 Å². The number of hydrogen-bond acceptors (Lipinski definition) is 10. The normalized spacial score (nSPS) is 23.7. The Bertz CT molecular complexity index is 1230. The number of carbonyl (C=O) groups is 4. The lowest BCUT2D eigenvalue weighted by Crippen LogP contribution is -2.71. The summed E-state index contributed by atoms with van der Waals surface area (Å²) in [6.07, 6.45) is 2.09. The molecular weight excluding hydrogens is 508 g/mol. The van der Waals surface area contributed by atoms with Crippen molar-refractivity contribution < 1.29 is 29.1 Å². The second-order valence-corrected chi connectivity index (χ2v) is 11.3. The van der Waals surface area contributed by atoms with E-state index in [2.05, 4.69) is 15.5 Å². The van der Waals surface area contributed by atoms with Gasteiger partial charge in [0.05, 0.1) is 0 Å². The molecule has 14 heteroatoms. The number of aromatic nitrogens is 1. The third-order valence-electron chi connectivity index (χ3n) is 5.93. The van der Waals surface area contributed by atoms with E-state index in [4.69, 9.17) is 10.6 Å². The highest BCUT2D eigenvalue weighted by Crippen LogP contribution is 2.41. The predicted octanol–water partition coefficient (Wildman–Crippen LogP) is 0.772. The van der Waals surface area contributed by atoms with Gasteiger partial charge in [0.1, 0.15) is 29.9 Å². The monoisotopic (exact) mass is 534 g/mol. The Hall–Kier alpha value is -3.39. The molecule has 0 unspecified atom stereocenters. The highest BCUT2D eigenvalue weighted by molar-refractivity contribution is 8.00. The van der Waals surface area contributed by atoms with Crippen molar-refractivity contribution in [3.8, 4) is 0 Å². The number of nitrogen functional groups attached to an aromatic ring is 1. The van der Waals surface area contributed by atoms with E-state index in [0.717, 1.165) is 16.2 Å². The Morgan fingerprint density at radius 2 is 2.08 bits per heavy atom. The van der Waals surface area contributed by atoms with E-state index < -0.39 is 29.2 Å². The molecule has 0 bridgehead atoms. The molecule has 2 saturated heterocycles. The number of nitrogens with zero attached hydrogens (tertiary/aromatic N) is 4. The highest BCUT2D eigenvalue weighted by Gasteiger charge is 2.54. The van der Waals surface area contributed by atoms with Gasteiger partial charge in [-0.3, -0.25) is 19.3 Å². The van der Waals surface area contributed by atoms with Crippen LogP contribution in [0.5, 0.6) is 0 Å². The number of rotatable bonds is 6. The van der Waals surface area contributed by atoms with Crippen LogP contribution in [0.25, 0.3) is 0 Å². The number of thiazole rings is 1. The Morgan fingerprint density at radius 1 is 1.36 bits per heavy atom. The summed E-state index contributed by atoms with van der Waals surface area (Å²) in [7, 11) is 1.27. The van der Waals surface area contributed by atoms with Crippen LogP contribution in [-0.4, -0.2) is 85.7 Å². The number of carboxylic acids is 1. The lowest BCUT2D eigenvalue weighted by molar-refractivity contribution is -0.150. The zero-order valence-corrected chi connectivity index (χ0v) is 21.7. The number of carbonyl (C=O) groups excluding carboxylic acids is 3. The number of likely N-dealkylation sites (tertiary alicyclic amines) is 1. The van der Waals surface area contributed by atoms with Crippen molar-refractivity contribution in [3.05, 3.63) is 34.0 Å². The first kappa shape index (κ1) is 25.7. The minimum absolute atomic E-state index is 0.139. The summed E-state index contributed by atoms with van der Waals surface area (Å²) in [6.45, 7) is 6.37. The van der Waals surface area contributed by atoms with Crippen LogP contribution in [0.2, 0.25) is 0 Å². The molecule has 1 aromatic rings. The van der Waals surface area contributed by atoms with Crippen molar-refractivity contribution in [2.45, 2.75) is 44.1 Å². The van der Waals surface area contributed by atoms with E-state index in [-0.39, 0.29) is 39.4 Å². The summed E-state index contributed by atoms with van der Waals surface area (Å²) in [5.41, 5.74) is 6.06. The third-order valence-corrected chi connectivity index (χ3v) is 7.91. The number of aliphatic carboxylic acids is 1. The molecule has 1 aromatic heterocycles. The van der Waals surface area contributed by atoms with Gasteiger partial charge < -0.3 is 25.9 Å². The standard InChI is InChI=1S/C22H26N6O6S2/c1-22(2,3)27-6-5-10(17(27)30)7-11-8-35-19-14(18(31)28(19)15(11)20(32)33)25-16(29)13(26-34-4)12-9-36-21(23)24-12/h7,9,14,19H,5-6,8H2,1-4H3,(H2,23,24)(H,25,29)(H,32,33)/t14-,19-/m0/s1. The zero-order valence-electron chi connectivity index (χ0n) is 20.1. The maximum atomic E-state index is 13.0. The maximum absolute atomic E-state index is 13.0. The number of fused-ring (bicyclic) bond motifs is 1. The quantitative estimate of drug-likeness (QED) is 0.207. The molecule has 3 aliphatic heterocycles. The number of carboxylic acid groups (broad SMARTS) is 1. The second-order valence-electron chi connectivity index (χ2n) is 9.28. The molecule has 0 radical (unpaired) electrons. The first-order valence-corrected chi connectivity index (χ1v) is 12.9. The fraction of sp³-hybridized carbons (Fsp3) is 0.455. The van der Waals surface area contributed by atoms with Gasteiger partial charge in [0.2, 0.25) is 5.91 Å². The average Bonchev–Trinajstić information content (AvgIpc) is 3.40. The molecule has 0 spiro atoms. The molecule has 3 amide bonds. The molecule has 2 atom stereocenters. The molecule has 4 heterocycles. The molecular formula is C22H26N6O6S2. The molecule has 0 aromatic carbocycles. The number of anilines is 1. The first-order chi connectivity index (χ1) is 16.9.